The van der Waals surface area contributed by atoms with Gasteiger partial charge in [0.25, 0.3) is 5.91 Å². The molecule has 9 nitrogen and oxygen atoms in total. The third kappa shape index (κ3) is 2.82. The van der Waals surface area contributed by atoms with Crippen LogP contribution in [0.5, 0.6) is 0 Å². The van der Waals surface area contributed by atoms with E-state index in [2.05, 4.69) is 15.6 Å². The van der Waals surface area contributed by atoms with Crippen LogP contribution in [0.3, 0.4) is 0 Å². The average Bonchev–Trinajstić information content (AvgIpc) is 3.23. The number of fused-ring (bicyclic) bond motifs is 1. The number of nitrogens with one attached hydrogen (secondary N) is 1. The van der Waals surface area contributed by atoms with Crippen LogP contribution < -0.4 is 5.32 Å². The highest BCUT2D eigenvalue weighted by Gasteiger charge is 2.38. The number of hydrogen-bond donors (Lipinski definition) is 1. The second kappa shape index (κ2) is 6.33. The molecule has 1 aromatic heterocycles. The van der Waals surface area contributed by atoms with Crippen molar-refractivity contribution in [2.24, 2.45) is 0 Å². The Kier molecular flexibility index (Phi) is 4.12. The zero-order chi connectivity index (χ0) is 18.3. The number of rotatable bonds is 1. The number of carbonyl (C=O) groups is 2. The predicted octanol–water partition coefficient (Wildman–Crippen LogP) is 0.513. The quantitative estimate of drug-likeness (QED) is 0.799. The summed E-state index contributed by atoms with van der Waals surface area (Å²) in [6.45, 7) is 7.57. The Morgan fingerprint density at radius 1 is 1.23 bits per heavy atom. The van der Waals surface area contributed by atoms with Gasteiger partial charge >= 0.3 is 6.03 Å². The van der Waals surface area contributed by atoms with Crippen LogP contribution >= 0.6 is 0 Å². The van der Waals surface area contributed by atoms with Crippen molar-refractivity contribution >= 4 is 23.0 Å². The maximum absolute atomic E-state index is 12.8. The molecule has 0 atom stereocenters. The van der Waals surface area contributed by atoms with Crippen molar-refractivity contribution in [1.29, 1.82) is 0 Å². The minimum absolute atomic E-state index is 0.0247. The summed E-state index contributed by atoms with van der Waals surface area (Å²) in [4.78, 5) is 28.9. The average molecular weight is 358 g/mol. The molecular weight excluding hydrogens is 336 g/mol. The van der Waals surface area contributed by atoms with Gasteiger partial charge in [-0.25, -0.2) is 4.79 Å². The highest BCUT2D eigenvalue weighted by molar-refractivity contribution is 5.98. The molecule has 26 heavy (non-hydrogen) atoms. The number of amides is 2. The number of hydrogen-bond acceptors (Lipinski definition) is 6. The first-order valence-electron chi connectivity index (χ1n) is 8.72. The van der Waals surface area contributed by atoms with Crippen molar-refractivity contribution in [3.05, 3.63) is 23.8 Å². The van der Waals surface area contributed by atoms with Crippen LogP contribution in [0.4, 0.5) is 4.79 Å². The minimum Gasteiger partial charge on any atom is -0.359 e. The van der Waals surface area contributed by atoms with Crippen LogP contribution in [0.2, 0.25) is 0 Å². The monoisotopic (exact) mass is 358 g/mol. The van der Waals surface area contributed by atoms with Gasteiger partial charge < -0.3 is 15.0 Å². The molecule has 1 N–H and O–H groups in total. The number of nitrogens with zero attached hydrogens (tertiary/aromatic N) is 5. The van der Waals surface area contributed by atoms with Gasteiger partial charge in [0.1, 0.15) is 12.2 Å². The normalized spacial score (nSPS) is 19.9. The summed E-state index contributed by atoms with van der Waals surface area (Å²) in [6.07, 6.45) is 0. The summed E-state index contributed by atoms with van der Waals surface area (Å²) in [5.74, 6) is -0.0247. The molecule has 2 amide bonds. The molecule has 2 aromatic rings. The minimum atomic E-state index is -0.395. The Hall–Kier alpha value is -2.52. The smallest absolute Gasteiger partial charge is 0.349 e. The van der Waals surface area contributed by atoms with Crippen molar-refractivity contribution in [3.63, 3.8) is 0 Å². The van der Waals surface area contributed by atoms with Gasteiger partial charge in [-0.15, -0.1) is 5.10 Å². The van der Waals surface area contributed by atoms with Gasteiger partial charge in [-0.2, -0.15) is 4.68 Å². The molecule has 2 fully saturated rings. The van der Waals surface area contributed by atoms with Gasteiger partial charge in [0.05, 0.1) is 17.7 Å². The van der Waals surface area contributed by atoms with Crippen LogP contribution in [-0.2, 0) is 4.74 Å². The van der Waals surface area contributed by atoms with Crippen molar-refractivity contribution in [2.75, 3.05) is 39.5 Å². The summed E-state index contributed by atoms with van der Waals surface area (Å²) in [6, 6.07) is 4.87. The molecule has 0 spiro atoms. The molecule has 2 aliphatic rings. The molecule has 0 radical (unpaired) electrons. The lowest BCUT2D eigenvalue weighted by Gasteiger charge is -2.28. The first-order valence-corrected chi connectivity index (χ1v) is 8.72. The Labute approximate surface area is 150 Å². The molecule has 2 aliphatic heterocycles. The number of ether oxygens (including phenoxy) is 1. The molecule has 138 valence electrons. The van der Waals surface area contributed by atoms with Crippen LogP contribution in [0.15, 0.2) is 18.2 Å². The van der Waals surface area contributed by atoms with E-state index in [9.17, 15) is 9.59 Å². The van der Waals surface area contributed by atoms with Crippen LogP contribution in [0, 0.1) is 0 Å². The fourth-order valence-corrected chi connectivity index (χ4v) is 3.32. The fourth-order valence-electron chi connectivity index (χ4n) is 3.32. The first kappa shape index (κ1) is 16.9. The van der Waals surface area contributed by atoms with Crippen LogP contribution in [-0.4, -0.2) is 81.8 Å². The predicted molar refractivity (Wildman–Crippen MR) is 93.8 cm³/mol. The number of piperazine rings is 1. The highest BCUT2D eigenvalue weighted by atomic mass is 16.5. The molecule has 1 aromatic carbocycles. The van der Waals surface area contributed by atoms with Gasteiger partial charge in [-0.1, -0.05) is 5.21 Å². The van der Waals surface area contributed by atoms with Crippen molar-refractivity contribution < 1.29 is 14.3 Å². The summed E-state index contributed by atoms with van der Waals surface area (Å²) < 4.78 is 6.68. The van der Waals surface area contributed by atoms with E-state index in [0.29, 0.717) is 36.3 Å². The molecule has 4 rings (SSSR count). The van der Waals surface area contributed by atoms with E-state index in [-0.39, 0.29) is 18.7 Å². The summed E-state index contributed by atoms with van der Waals surface area (Å²) in [5.41, 5.74) is 1.27. The second-order valence-electron chi connectivity index (χ2n) is 7.25. The molecule has 0 bridgehead atoms. The molecule has 3 heterocycles. The largest absolute Gasteiger partial charge is 0.359 e. The van der Waals surface area contributed by atoms with Crippen LogP contribution in [0.25, 0.3) is 11.0 Å². The maximum Gasteiger partial charge on any atom is 0.349 e. The number of benzene rings is 1. The van der Waals surface area contributed by atoms with Crippen molar-refractivity contribution in [2.45, 2.75) is 19.4 Å². The van der Waals surface area contributed by atoms with E-state index >= 15 is 0 Å². The zero-order valence-electron chi connectivity index (χ0n) is 14.9. The van der Waals surface area contributed by atoms with E-state index in [1.807, 2.05) is 18.7 Å². The molecule has 9 heteroatoms. The van der Waals surface area contributed by atoms with Gasteiger partial charge in [0, 0.05) is 31.7 Å². The lowest BCUT2D eigenvalue weighted by Crippen LogP contribution is -2.46. The molecule has 0 unspecified atom stereocenters. The number of carbonyl (C=O) groups excluding carboxylic acids is 2. The molecule has 0 aliphatic carbocycles. The topological polar surface area (TPSA) is 92.6 Å². The standard InChI is InChI=1S/C17H22N6O3/c1-17(2)10-26-11-22(17)16(25)23-14-4-3-12(9-13(14)19-20-23)15(24)21-7-5-18-6-8-21/h3-4,9,18H,5-8,10-11H2,1-2H3. The van der Waals surface area contributed by atoms with Crippen LogP contribution in [0.1, 0.15) is 24.2 Å². The third-order valence-corrected chi connectivity index (χ3v) is 4.92. The van der Waals surface area contributed by atoms with E-state index in [1.165, 1.54) is 4.68 Å². The maximum atomic E-state index is 12.8. The lowest BCUT2D eigenvalue weighted by atomic mass is 10.1. The summed E-state index contributed by atoms with van der Waals surface area (Å²) >= 11 is 0. The zero-order valence-corrected chi connectivity index (χ0v) is 14.9. The summed E-state index contributed by atoms with van der Waals surface area (Å²) in [7, 11) is 0. The molecular formula is C17H22N6O3. The Balaban J connectivity index is 1.61. The lowest BCUT2D eigenvalue weighted by molar-refractivity contribution is 0.0736. The number of aromatic nitrogens is 3. The van der Waals surface area contributed by atoms with Crippen molar-refractivity contribution in [1.82, 2.24) is 30.1 Å². The molecule has 0 saturated carbocycles. The van der Waals surface area contributed by atoms with Gasteiger partial charge in [-0.05, 0) is 32.0 Å². The first-order chi connectivity index (χ1) is 12.5. The SMILES string of the molecule is CC1(C)COCN1C(=O)n1nnc2cc(C(=O)N3CCNCC3)ccc21. The van der Waals surface area contributed by atoms with Gasteiger partial charge in [0.15, 0.2) is 0 Å². The van der Waals surface area contributed by atoms with E-state index < -0.39 is 5.54 Å². The van der Waals surface area contributed by atoms with E-state index in [4.69, 9.17) is 4.74 Å². The van der Waals surface area contributed by atoms with E-state index in [0.717, 1.165) is 13.1 Å². The highest BCUT2D eigenvalue weighted by Crippen LogP contribution is 2.24. The summed E-state index contributed by atoms with van der Waals surface area (Å²) in [5, 5.41) is 11.3. The Bertz CT molecular complexity index is 855. The Morgan fingerprint density at radius 2 is 2.00 bits per heavy atom. The third-order valence-electron chi connectivity index (χ3n) is 4.92. The van der Waals surface area contributed by atoms with Gasteiger partial charge in [0.2, 0.25) is 0 Å². The molecule has 2 saturated heterocycles. The second-order valence-corrected chi connectivity index (χ2v) is 7.25. The van der Waals surface area contributed by atoms with Crippen molar-refractivity contribution in [3.8, 4) is 0 Å². The van der Waals surface area contributed by atoms with E-state index in [1.54, 1.807) is 23.1 Å². The fraction of sp³-hybridized carbons (Fsp3) is 0.529. The van der Waals surface area contributed by atoms with Gasteiger partial charge in [-0.3, -0.25) is 9.69 Å². The Morgan fingerprint density at radius 3 is 2.69 bits per heavy atom.